The Hall–Kier alpha value is -1.82. The molecule has 0 aliphatic carbocycles. The Morgan fingerprint density at radius 3 is 2.57 bits per heavy atom. The topological polar surface area (TPSA) is 40.0 Å². The van der Waals surface area contributed by atoms with Crippen molar-refractivity contribution in [2.24, 2.45) is 5.16 Å². The Balaban J connectivity index is 2.50. The SMILES string of the molecule is CC(C)=NOCCCOc1c(C)cc(OCC=C(F)F)cc1Cl. The van der Waals surface area contributed by atoms with Gasteiger partial charge in [-0.05, 0) is 32.4 Å². The number of ether oxygens (including phenoxy) is 2. The normalized spacial score (nSPS) is 10.0. The highest BCUT2D eigenvalue weighted by Crippen LogP contribution is 2.33. The van der Waals surface area contributed by atoms with E-state index < -0.39 is 6.08 Å². The van der Waals surface area contributed by atoms with Crippen molar-refractivity contribution in [2.45, 2.75) is 27.2 Å². The van der Waals surface area contributed by atoms with E-state index in [9.17, 15) is 8.78 Å². The zero-order valence-electron chi connectivity index (χ0n) is 13.4. The number of oxime groups is 1. The summed E-state index contributed by atoms with van der Waals surface area (Å²) in [4.78, 5) is 5.06. The van der Waals surface area contributed by atoms with Gasteiger partial charge in [0.2, 0.25) is 0 Å². The average Bonchev–Trinajstić information content (AvgIpc) is 2.44. The van der Waals surface area contributed by atoms with Crippen LogP contribution >= 0.6 is 11.6 Å². The monoisotopic (exact) mass is 347 g/mol. The molecule has 0 saturated heterocycles. The Morgan fingerprint density at radius 1 is 1.22 bits per heavy atom. The van der Waals surface area contributed by atoms with Gasteiger partial charge in [0.25, 0.3) is 6.08 Å². The summed E-state index contributed by atoms with van der Waals surface area (Å²) in [5.41, 5.74) is 1.61. The molecule has 1 aromatic rings. The van der Waals surface area contributed by atoms with Crippen LogP contribution in [0.5, 0.6) is 11.5 Å². The maximum atomic E-state index is 11.9. The number of nitrogens with zero attached hydrogens (tertiary/aromatic N) is 1. The summed E-state index contributed by atoms with van der Waals surface area (Å²) < 4.78 is 34.7. The van der Waals surface area contributed by atoms with Gasteiger partial charge in [0.1, 0.15) is 24.7 Å². The second kappa shape index (κ2) is 10.0. The van der Waals surface area contributed by atoms with Gasteiger partial charge in [0.05, 0.1) is 17.3 Å². The minimum Gasteiger partial charge on any atom is -0.492 e. The lowest BCUT2D eigenvalue weighted by molar-refractivity contribution is 0.127. The quantitative estimate of drug-likeness (QED) is 0.359. The molecule has 0 aromatic heterocycles. The van der Waals surface area contributed by atoms with Crippen molar-refractivity contribution in [1.29, 1.82) is 0 Å². The molecule has 0 spiro atoms. The summed E-state index contributed by atoms with van der Waals surface area (Å²) in [5, 5.41) is 4.19. The summed E-state index contributed by atoms with van der Waals surface area (Å²) in [5.74, 6) is 0.954. The van der Waals surface area contributed by atoms with E-state index in [1.165, 1.54) is 6.07 Å². The lowest BCUT2D eigenvalue weighted by atomic mass is 10.2. The molecule has 1 rings (SSSR count). The van der Waals surface area contributed by atoms with E-state index in [2.05, 4.69) is 5.16 Å². The summed E-state index contributed by atoms with van der Waals surface area (Å²) in [6.45, 7) is 6.16. The van der Waals surface area contributed by atoms with Crippen LogP contribution in [0.3, 0.4) is 0 Å². The average molecular weight is 348 g/mol. The van der Waals surface area contributed by atoms with Crippen LogP contribution in [0.25, 0.3) is 0 Å². The minimum absolute atomic E-state index is 0.215. The second-order valence-corrected chi connectivity index (χ2v) is 5.34. The molecular formula is C16H20ClF2NO3. The van der Waals surface area contributed by atoms with Crippen molar-refractivity contribution >= 4 is 17.3 Å². The fourth-order valence-electron chi connectivity index (χ4n) is 1.64. The molecule has 4 nitrogen and oxygen atoms in total. The Morgan fingerprint density at radius 2 is 1.96 bits per heavy atom. The molecule has 0 radical (unpaired) electrons. The maximum absolute atomic E-state index is 11.9. The molecule has 23 heavy (non-hydrogen) atoms. The highest BCUT2D eigenvalue weighted by atomic mass is 35.5. The molecule has 0 bridgehead atoms. The first-order chi connectivity index (χ1) is 10.9. The first kappa shape index (κ1) is 19.2. The molecule has 0 aliphatic rings. The molecule has 0 unspecified atom stereocenters. The Labute approximate surface area is 139 Å². The van der Waals surface area contributed by atoms with Gasteiger partial charge in [-0.15, -0.1) is 0 Å². The van der Waals surface area contributed by atoms with Gasteiger partial charge in [-0.2, -0.15) is 8.78 Å². The largest absolute Gasteiger partial charge is 0.492 e. The summed E-state index contributed by atoms with van der Waals surface area (Å²) in [7, 11) is 0. The number of aryl methyl sites for hydroxylation is 1. The molecule has 128 valence electrons. The van der Waals surface area contributed by atoms with Crippen molar-refractivity contribution < 1.29 is 23.1 Å². The standard InChI is InChI=1S/C16H20ClF2NO3/c1-11(2)20-23-7-4-6-22-16-12(3)9-13(10-14(16)17)21-8-5-15(18)19/h5,9-10H,4,6-8H2,1-3H3. The number of benzene rings is 1. The van der Waals surface area contributed by atoms with Gasteiger partial charge in [0.15, 0.2) is 0 Å². The van der Waals surface area contributed by atoms with Crippen LogP contribution in [0.15, 0.2) is 29.4 Å². The van der Waals surface area contributed by atoms with Crippen LogP contribution < -0.4 is 9.47 Å². The zero-order chi connectivity index (χ0) is 17.2. The van der Waals surface area contributed by atoms with E-state index in [4.69, 9.17) is 25.9 Å². The predicted octanol–water partition coefficient (Wildman–Crippen LogP) is 4.99. The molecule has 1 aromatic carbocycles. The van der Waals surface area contributed by atoms with E-state index >= 15 is 0 Å². The van der Waals surface area contributed by atoms with E-state index in [0.29, 0.717) is 42.2 Å². The predicted molar refractivity (Wildman–Crippen MR) is 86.8 cm³/mol. The van der Waals surface area contributed by atoms with Crippen molar-refractivity contribution in [2.75, 3.05) is 19.8 Å². The number of hydrogen-bond donors (Lipinski definition) is 0. The molecule has 0 saturated carbocycles. The third kappa shape index (κ3) is 7.83. The van der Waals surface area contributed by atoms with Crippen LogP contribution in [-0.4, -0.2) is 25.5 Å². The maximum Gasteiger partial charge on any atom is 0.269 e. The fourth-order valence-corrected chi connectivity index (χ4v) is 1.95. The first-order valence-corrected chi connectivity index (χ1v) is 7.48. The molecule has 7 heteroatoms. The molecule has 0 aliphatic heterocycles. The van der Waals surface area contributed by atoms with Gasteiger partial charge >= 0.3 is 0 Å². The molecule has 0 heterocycles. The number of hydrogen-bond acceptors (Lipinski definition) is 4. The first-order valence-electron chi connectivity index (χ1n) is 7.10. The van der Waals surface area contributed by atoms with E-state index in [0.717, 1.165) is 11.3 Å². The van der Waals surface area contributed by atoms with Crippen LogP contribution in [0.2, 0.25) is 5.02 Å². The Kier molecular flexibility index (Phi) is 8.40. The van der Waals surface area contributed by atoms with Gasteiger partial charge in [-0.25, -0.2) is 0 Å². The third-order valence-corrected chi connectivity index (χ3v) is 2.84. The van der Waals surface area contributed by atoms with Crippen molar-refractivity contribution in [3.8, 4) is 11.5 Å². The van der Waals surface area contributed by atoms with Crippen LogP contribution in [0, 0.1) is 6.92 Å². The zero-order valence-corrected chi connectivity index (χ0v) is 14.1. The van der Waals surface area contributed by atoms with Gasteiger partial charge in [-0.3, -0.25) is 0 Å². The van der Waals surface area contributed by atoms with Gasteiger partial charge in [0, 0.05) is 18.6 Å². The van der Waals surface area contributed by atoms with Crippen LogP contribution in [0.4, 0.5) is 8.78 Å². The molecule has 0 N–H and O–H groups in total. The van der Waals surface area contributed by atoms with Crippen molar-refractivity contribution in [1.82, 2.24) is 0 Å². The highest BCUT2D eigenvalue weighted by Gasteiger charge is 2.09. The molecule has 0 fully saturated rings. The van der Waals surface area contributed by atoms with E-state index in [-0.39, 0.29) is 6.61 Å². The van der Waals surface area contributed by atoms with Crippen molar-refractivity contribution in [3.63, 3.8) is 0 Å². The molecule has 0 atom stereocenters. The lowest BCUT2D eigenvalue weighted by Crippen LogP contribution is -2.04. The minimum atomic E-state index is -1.78. The lowest BCUT2D eigenvalue weighted by Gasteiger charge is -2.13. The van der Waals surface area contributed by atoms with Gasteiger partial charge in [-0.1, -0.05) is 16.8 Å². The van der Waals surface area contributed by atoms with Crippen molar-refractivity contribution in [3.05, 3.63) is 34.9 Å². The highest BCUT2D eigenvalue weighted by molar-refractivity contribution is 6.32. The van der Waals surface area contributed by atoms with Crippen LogP contribution in [-0.2, 0) is 4.84 Å². The molecular weight excluding hydrogens is 328 g/mol. The van der Waals surface area contributed by atoms with E-state index in [1.807, 2.05) is 13.8 Å². The number of rotatable bonds is 9. The second-order valence-electron chi connectivity index (χ2n) is 4.93. The van der Waals surface area contributed by atoms with Crippen LogP contribution in [0.1, 0.15) is 25.8 Å². The fraction of sp³-hybridized carbons (Fsp3) is 0.438. The summed E-state index contributed by atoms with van der Waals surface area (Å²) in [6, 6.07) is 3.22. The molecule has 0 amide bonds. The third-order valence-electron chi connectivity index (χ3n) is 2.56. The Bertz CT molecular complexity index is 545. The summed E-state index contributed by atoms with van der Waals surface area (Å²) >= 11 is 6.14. The summed E-state index contributed by atoms with van der Waals surface area (Å²) in [6.07, 6.45) is -0.433. The van der Waals surface area contributed by atoms with Gasteiger partial charge < -0.3 is 14.3 Å². The number of halogens is 3. The van der Waals surface area contributed by atoms with E-state index in [1.54, 1.807) is 13.0 Å². The smallest absolute Gasteiger partial charge is 0.269 e.